The first kappa shape index (κ1) is 25.0. The van der Waals surface area contributed by atoms with Crippen LogP contribution in [0, 0.1) is 5.82 Å². The van der Waals surface area contributed by atoms with Gasteiger partial charge >= 0.3 is 12.1 Å². The Bertz CT molecular complexity index is 1020. The summed E-state index contributed by atoms with van der Waals surface area (Å²) in [6.07, 6.45) is 3.61. The molecule has 0 unspecified atom stereocenters. The highest BCUT2D eigenvalue weighted by molar-refractivity contribution is 6.64. The van der Waals surface area contributed by atoms with E-state index in [0.29, 0.717) is 43.9 Å². The van der Waals surface area contributed by atoms with Gasteiger partial charge in [-0.3, -0.25) is 14.5 Å². The Morgan fingerprint density at radius 2 is 2.18 bits per heavy atom. The molecule has 1 amide bonds. The molecule has 0 bridgehead atoms. The molecule has 1 saturated heterocycles. The number of carbonyl (C=O) groups is 3. The zero-order valence-electron chi connectivity index (χ0n) is 18.3. The van der Waals surface area contributed by atoms with Crippen LogP contribution in [0.25, 0.3) is 0 Å². The Kier molecular flexibility index (Phi) is 8.79. The fourth-order valence-electron chi connectivity index (χ4n) is 3.20. The molecule has 11 nitrogen and oxygen atoms in total. The van der Waals surface area contributed by atoms with E-state index in [1.54, 1.807) is 29.4 Å². The maximum atomic E-state index is 14.5. The van der Waals surface area contributed by atoms with Gasteiger partial charge in [0.05, 0.1) is 30.2 Å². The number of benzene rings is 1. The third-order valence-electron chi connectivity index (χ3n) is 4.78. The molecule has 2 aliphatic rings. The molecular formula is C21H23ClFN5O6. The van der Waals surface area contributed by atoms with Crippen LogP contribution in [0.3, 0.4) is 0 Å². The van der Waals surface area contributed by atoms with Crippen molar-refractivity contribution >= 4 is 46.6 Å². The van der Waals surface area contributed by atoms with Crippen LogP contribution in [-0.4, -0.2) is 61.1 Å². The van der Waals surface area contributed by atoms with Crippen LogP contribution >= 0.6 is 11.6 Å². The van der Waals surface area contributed by atoms with Crippen molar-refractivity contribution in [1.82, 2.24) is 10.6 Å². The largest absolute Gasteiger partial charge is 0.456 e. The van der Waals surface area contributed by atoms with Gasteiger partial charge in [0, 0.05) is 19.5 Å². The summed E-state index contributed by atoms with van der Waals surface area (Å²) in [6.45, 7) is 2.51. The Labute approximate surface area is 199 Å². The number of halogens is 2. The number of rotatable bonds is 7. The van der Waals surface area contributed by atoms with E-state index in [-0.39, 0.29) is 12.7 Å². The summed E-state index contributed by atoms with van der Waals surface area (Å²) in [5, 5.41) is 7.10. The van der Waals surface area contributed by atoms with E-state index in [1.165, 1.54) is 24.2 Å². The van der Waals surface area contributed by atoms with Gasteiger partial charge in [-0.15, -0.1) is 0 Å². The highest BCUT2D eigenvalue weighted by Gasteiger charge is 2.32. The first-order valence-corrected chi connectivity index (χ1v) is 10.7. The number of carbonyl (C=O) groups excluding carboxylic acids is 3. The Morgan fingerprint density at radius 3 is 2.76 bits per heavy atom. The van der Waals surface area contributed by atoms with Crippen molar-refractivity contribution in [2.24, 2.45) is 5.10 Å². The average molecular weight is 496 g/mol. The second-order valence-corrected chi connectivity index (χ2v) is 7.68. The predicted octanol–water partition coefficient (Wildman–Crippen LogP) is 2.44. The second-order valence-electron chi connectivity index (χ2n) is 7.26. The number of cyclic esters (lactones) is 1. The number of amides is 1. The van der Waals surface area contributed by atoms with Crippen LogP contribution < -0.4 is 15.2 Å². The lowest BCUT2D eigenvalue weighted by atomic mass is 10.1. The summed E-state index contributed by atoms with van der Waals surface area (Å²) in [5.74, 6) is -0.909. The van der Waals surface area contributed by atoms with Gasteiger partial charge in [0.25, 0.3) is 5.24 Å². The summed E-state index contributed by atoms with van der Waals surface area (Å²) in [5.41, 5.74) is 4.53. The van der Waals surface area contributed by atoms with Gasteiger partial charge in [0.2, 0.25) is 0 Å². The summed E-state index contributed by atoms with van der Waals surface area (Å²) < 4.78 is 28.9. The van der Waals surface area contributed by atoms with E-state index in [1.807, 2.05) is 0 Å². The van der Waals surface area contributed by atoms with Crippen molar-refractivity contribution in [3.63, 3.8) is 0 Å². The van der Waals surface area contributed by atoms with Crippen molar-refractivity contribution in [3.05, 3.63) is 42.0 Å². The molecule has 0 saturated carbocycles. The average Bonchev–Trinajstić information content (AvgIpc) is 3.47. The SMILES string of the molecule is CC(=O)OCC(=O)Cl.O=C1O[C@@H](CCc2ccon2)CN1c1ccc(N2C=NNCC2)c(F)c1. The van der Waals surface area contributed by atoms with Crippen molar-refractivity contribution in [2.75, 3.05) is 36.0 Å². The van der Waals surface area contributed by atoms with E-state index < -0.39 is 23.1 Å². The minimum absolute atomic E-state index is 0.262. The van der Waals surface area contributed by atoms with Crippen LogP contribution in [-0.2, 0) is 25.5 Å². The number of esters is 1. The quantitative estimate of drug-likeness (QED) is 0.455. The molecule has 3 heterocycles. The van der Waals surface area contributed by atoms with Gasteiger partial charge in [0.1, 0.15) is 24.5 Å². The zero-order chi connectivity index (χ0) is 24.5. The molecule has 0 radical (unpaired) electrons. The van der Waals surface area contributed by atoms with Gasteiger partial charge in [-0.25, -0.2) is 9.18 Å². The number of hydrazone groups is 1. The maximum absolute atomic E-state index is 14.5. The van der Waals surface area contributed by atoms with Crippen molar-refractivity contribution in [3.8, 4) is 0 Å². The first-order chi connectivity index (χ1) is 16.3. The van der Waals surface area contributed by atoms with Gasteiger partial charge in [0.15, 0.2) is 6.61 Å². The number of aryl methyl sites for hydroxylation is 1. The van der Waals surface area contributed by atoms with Crippen LogP contribution in [0.5, 0.6) is 0 Å². The molecule has 1 aromatic carbocycles. The van der Waals surface area contributed by atoms with Crippen LogP contribution in [0.1, 0.15) is 19.0 Å². The van der Waals surface area contributed by atoms with E-state index >= 15 is 0 Å². The highest BCUT2D eigenvalue weighted by atomic mass is 35.5. The maximum Gasteiger partial charge on any atom is 0.414 e. The predicted molar refractivity (Wildman–Crippen MR) is 120 cm³/mol. The highest BCUT2D eigenvalue weighted by Crippen LogP contribution is 2.28. The molecule has 34 heavy (non-hydrogen) atoms. The molecule has 1 atom stereocenters. The molecule has 2 aromatic rings. The van der Waals surface area contributed by atoms with Gasteiger partial charge in [-0.1, -0.05) is 5.16 Å². The van der Waals surface area contributed by atoms with E-state index in [0.717, 1.165) is 5.69 Å². The molecular weight excluding hydrogens is 473 g/mol. The van der Waals surface area contributed by atoms with Gasteiger partial charge in [-0.2, -0.15) is 5.10 Å². The van der Waals surface area contributed by atoms with Crippen LogP contribution in [0.2, 0.25) is 0 Å². The standard InChI is InChI=1S/C17H18FN5O3.C4H5ClO3/c18-15-9-13(2-4-16(15)22-7-6-19-20-11-22)23-10-14(26-17(23)24)3-1-12-5-8-25-21-12;1-3(6)8-2-4(5)7/h2,4-5,8-9,11,14,19H,1,3,6-7,10H2;2H2,1H3/t14-;/m0./s1. The molecule has 1 fully saturated rings. The lowest BCUT2D eigenvalue weighted by Crippen LogP contribution is -2.35. The lowest BCUT2D eigenvalue weighted by molar-refractivity contribution is -0.143. The van der Waals surface area contributed by atoms with Crippen molar-refractivity contribution in [1.29, 1.82) is 0 Å². The normalized spacial score (nSPS) is 16.9. The smallest absolute Gasteiger partial charge is 0.414 e. The van der Waals surface area contributed by atoms with Gasteiger partial charge < -0.3 is 24.3 Å². The summed E-state index contributed by atoms with van der Waals surface area (Å²) in [4.78, 5) is 35.1. The van der Waals surface area contributed by atoms with Crippen LogP contribution in [0.4, 0.5) is 20.6 Å². The topological polar surface area (TPSA) is 127 Å². The number of anilines is 2. The molecule has 2 aliphatic heterocycles. The fraction of sp³-hybridized carbons (Fsp3) is 0.381. The number of hydrogen-bond acceptors (Lipinski definition) is 10. The van der Waals surface area contributed by atoms with E-state index in [9.17, 15) is 18.8 Å². The molecule has 13 heteroatoms. The zero-order valence-corrected chi connectivity index (χ0v) is 19.0. The number of aromatic nitrogens is 1. The minimum atomic E-state index is -0.666. The van der Waals surface area contributed by atoms with Gasteiger partial charge in [-0.05, 0) is 42.6 Å². The number of nitrogens with one attached hydrogen (secondary N) is 1. The van der Waals surface area contributed by atoms with Crippen LogP contribution in [0.15, 0.2) is 40.2 Å². The fourth-order valence-corrected chi connectivity index (χ4v) is 3.25. The van der Waals surface area contributed by atoms with Crippen molar-refractivity contribution in [2.45, 2.75) is 25.9 Å². The Morgan fingerprint density at radius 1 is 1.35 bits per heavy atom. The third kappa shape index (κ3) is 7.17. The summed E-state index contributed by atoms with van der Waals surface area (Å²) in [6, 6.07) is 6.50. The summed E-state index contributed by atoms with van der Waals surface area (Å²) in [7, 11) is 0. The Balaban J connectivity index is 0.000000350. The molecule has 0 spiro atoms. The Hall–Kier alpha value is -3.67. The molecule has 1 N–H and O–H groups in total. The molecule has 182 valence electrons. The summed E-state index contributed by atoms with van der Waals surface area (Å²) >= 11 is 4.81. The molecule has 1 aromatic heterocycles. The molecule has 0 aliphatic carbocycles. The number of hydrogen-bond donors (Lipinski definition) is 1. The number of nitrogens with zero attached hydrogens (tertiary/aromatic N) is 4. The number of ether oxygens (including phenoxy) is 2. The lowest BCUT2D eigenvalue weighted by Gasteiger charge is -2.24. The van der Waals surface area contributed by atoms with E-state index in [4.69, 9.17) is 20.9 Å². The monoisotopic (exact) mass is 495 g/mol. The first-order valence-electron chi connectivity index (χ1n) is 10.3. The van der Waals surface area contributed by atoms with Crippen molar-refractivity contribution < 1.29 is 32.8 Å². The second kappa shape index (κ2) is 12.0. The minimum Gasteiger partial charge on any atom is -0.456 e. The third-order valence-corrected chi connectivity index (χ3v) is 4.89. The van der Waals surface area contributed by atoms with E-state index in [2.05, 4.69) is 20.4 Å². The molecule has 4 rings (SSSR count).